The van der Waals surface area contributed by atoms with Gasteiger partial charge in [-0.2, -0.15) is 0 Å². The molecule has 1 N–H and O–H groups in total. The monoisotopic (exact) mass is 481 g/mol. The summed E-state index contributed by atoms with van der Waals surface area (Å²) in [4.78, 5) is 41.6. The fraction of sp³-hybridized carbons (Fsp3) is 0.345. The molecule has 3 aromatic carbocycles. The summed E-state index contributed by atoms with van der Waals surface area (Å²) in [5.41, 5.74) is 5.50. The zero-order valence-corrected chi connectivity index (χ0v) is 20.0. The van der Waals surface area contributed by atoms with Gasteiger partial charge >= 0.3 is 0 Å². The smallest absolute Gasteiger partial charge is 0.259 e. The number of nitrogens with zero attached hydrogens (tertiary/aromatic N) is 2. The highest BCUT2D eigenvalue weighted by Crippen LogP contribution is 2.41. The fourth-order valence-electron chi connectivity index (χ4n) is 6.29. The third-order valence-corrected chi connectivity index (χ3v) is 8.10. The van der Waals surface area contributed by atoms with Crippen molar-refractivity contribution in [2.75, 3.05) is 31.2 Å². The number of carbonyl (C=O) groups excluding carboxylic acids is 3. The SMILES string of the molecule is O=C1CCC(N2C(=O)c3cccc4c(Cc5ccc(CN6CC7(COC7)C6)cc5)ccc2c34)C(=O)N1. The zero-order valence-electron chi connectivity index (χ0n) is 20.0. The van der Waals surface area contributed by atoms with Crippen molar-refractivity contribution in [3.05, 3.63) is 76.9 Å². The number of nitrogens with one attached hydrogen (secondary N) is 1. The number of anilines is 1. The van der Waals surface area contributed by atoms with Gasteiger partial charge in [-0.05, 0) is 47.1 Å². The van der Waals surface area contributed by atoms with E-state index in [1.807, 2.05) is 18.2 Å². The molecule has 0 aliphatic carbocycles. The minimum absolute atomic E-state index is 0.173. The molecule has 3 fully saturated rings. The molecule has 7 rings (SSSR count). The summed E-state index contributed by atoms with van der Waals surface area (Å²) >= 11 is 0. The van der Waals surface area contributed by atoms with Crippen molar-refractivity contribution in [1.29, 1.82) is 0 Å². The van der Waals surface area contributed by atoms with E-state index in [1.54, 1.807) is 4.90 Å². The van der Waals surface area contributed by atoms with Gasteiger partial charge in [0.15, 0.2) is 0 Å². The predicted molar refractivity (Wildman–Crippen MR) is 135 cm³/mol. The first-order valence-electron chi connectivity index (χ1n) is 12.6. The van der Waals surface area contributed by atoms with Crippen molar-refractivity contribution in [1.82, 2.24) is 10.2 Å². The Hall–Kier alpha value is -3.55. The van der Waals surface area contributed by atoms with Crippen LogP contribution in [0.25, 0.3) is 10.8 Å². The number of carbonyl (C=O) groups is 3. The lowest BCUT2D eigenvalue weighted by molar-refractivity contribution is -0.191. The van der Waals surface area contributed by atoms with Gasteiger partial charge in [0.1, 0.15) is 6.04 Å². The molecule has 4 aliphatic rings. The Morgan fingerprint density at radius 3 is 2.44 bits per heavy atom. The number of piperidine rings is 1. The predicted octanol–water partition coefficient (Wildman–Crippen LogP) is 3.03. The largest absolute Gasteiger partial charge is 0.380 e. The molecule has 4 heterocycles. The van der Waals surface area contributed by atoms with Crippen LogP contribution in [0.15, 0.2) is 54.6 Å². The third kappa shape index (κ3) is 3.38. The lowest BCUT2D eigenvalue weighted by Gasteiger charge is -2.55. The highest BCUT2D eigenvalue weighted by Gasteiger charge is 2.48. The average Bonchev–Trinajstić information content (AvgIpc) is 3.10. The van der Waals surface area contributed by atoms with Gasteiger partial charge < -0.3 is 4.74 Å². The van der Waals surface area contributed by atoms with E-state index in [0.29, 0.717) is 17.4 Å². The van der Waals surface area contributed by atoms with Crippen molar-refractivity contribution >= 4 is 34.2 Å². The van der Waals surface area contributed by atoms with Gasteiger partial charge in [0.25, 0.3) is 5.91 Å². The van der Waals surface area contributed by atoms with E-state index < -0.39 is 11.9 Å². The molecule has 0 aromatic heterocycles. The zero-order chi connectivity index (χ0) is 24.4. The van der Waals surface area contributed by atoms with E-state index >= 15 is 0 Å². The van der Waals surface area contributed by atoms with E-state index in [2.05, 4.69) is 46.6 Å². The molecule has 0 radical (unpaired) electrons. The van der Waals surface area contributed by atoms with E-state index in [9.17, 15) is 14.4 Å². The number of imide groups is 1. The number of amides is 3. The van der Waals surface area contributed by atoms with E-state index in [1.165, 1.54) is 11.1 Å². The minimum Gasteiger partial charge on any atom is -0.380 e. The van der Waals surface area contributed by atoms with Crippen LogP contribution in [-0.4, -0.2) is 55.0 Å². The van der Waals surface area contributed by atoms with Gasteiger partial charge in [-0.1, -0.05) is 42.5 Å². The summed E-state index contributed by atoms with van der Waals surface area (Å²) in [5.74, 6) is -0.861. The Bertz CT molecular complexity index is 1420. The first kappa shape index (κ1) is 21.7. The van der Waals surface area contributed by atoms with Gasteiger partial charge in [0.05, 0.1) is 18.9 Å². The van der Waals surface area contributed by atoms with E-state index in [4.69, 9.17) is 4.74 Å². The molecule has 1 atom stereocenters. The van der Waals surface area contributed by atoms with Crippen LogP contribution in [0, 0.1) is 5.41 Å². The number of hydrogen-bond donors (Lipinski definition) is 1. The molecule has 3 aromatic rings. The summed E-state index contributed by atoms with van der Waals surface area (Å²) in [6.45, 7) is 5.05. The standard InChI is InChI=1S/C29H27N3O4/c33-25-11-10-24(27(34)30-25)32-23-9-8-20(21-2-1-3-22(26(21)23)28(32)35)12-18-4-6-19(7-5-18)13-31-14-29(15-31)16-36-17-29/h1-9,24H,10-17H2,(H,30,33,34). The molecule has 0 bridgehead atoms. The summed E-state index contributed by atoms with van der Waals surface area (Å²) in [7, 11) is 0. The van der Waals surface area contributed by atoms with Crippen LogP contribution in [0.2, 0.25) is 0 Å². The Labute approximate surface area is 209 Å². The molecule has 182 valence electrons. The highest BCUT2D eigenvalue weighted by molar-refractivity contribution is 6.27. The number of benzene rings is 3. The molecule has 1 spiro atoms. The normalized spacial score (nSPS) is 22.6. The molecule has 36 heavy (non-hydrogen) atoms. The Balaban J connectivity index is 1.13. The number of hydrogen-bond acceptors (Lipinski definition) is 5. The van der Waals surface area contributed by atoms with Crippen molar-refractivity contribution in [2.24, 2.45) is 5.41 Å². The Kier molecular flexibility index (Phi) is 4.81. The topological polar surface area (TPSA) is 79.0 Å². The lowest BCUT2D eigenvalue weighted by Crippen LogP contribution is -2.65. The molecule has 0 saturated carbocycles. The average molecular weight is 482 g/mol. The second kappa shape index (κ2) is 7.98. The van der Waals surface area contributed by atoms with Crippen LogP contribution in [0.1, 0.15) is 39.9 Å². The maximum Gasteiger partial charge on any atom is 0.259 e. The van der Waals surface area contributed by atoms with Gasteiger partial charge in [-0.15, -0.1) is 0 Å². The number of likely N-dealkylation sites (tertiary alicyclic amines) is 1. The van der Waals surface area contributed by atoms with Crippen LogP contribution in [0.4, 0.5) is 5.69 Å². The highest BCUT2D eigenvalue weighted by atomic mass is 16.5. The van der Waals surface area contributed by atoms with Crippen molar-refractivity contribution in [3.63, 3.8) is 0 Å². The maximum atomic E-state index is 13.3. The summed E-state index contributed by atoms with van der Waals surface area (Å²) < 4.78 is 5.37. The van der Waals surface area contributed by atoms with E-state index in [0.717, 1.165) is 61.3 Å². The molecule has 3 amide bonds. The first-order valence-corrected chi connectivity index (χ1v) is 12.6. The molecule has 1 unspecified atom stereocenters. The molecular weight excluding hydrogens is 454 g/mol. The Morgan fingerprint density at radius 2 is 1.72 bits per heavy atom. The van der Waals surface area contributed by atoms with Crippen LogP contribution >= 0.6 is 0 Å². The van der Waals surface area contributed by atoms with Gasteiger partial charge in [0.2, 0.25) is 11.8 Å². The van der Waals surface area contributed by atoms with Crippen molar-refractivity contribution in [2.45, 2.75) is 31.8 Å². The molecule has 3 saturated heterocycles. The lowest BCUT2D eigenvalue weighted by atomic mass is 9.78. The number of ether oxygens (including phenoxy) is 1. The minimum atomic E-state index is -0.665. The molecule has 7 nitrogen and oxygen atoms in total. The van der Waals surface area contributed by atoms with Gasteiger partial charge in [-0.3, -0.25) is 29.5 Å². The van der Waals surface area contributed by atoms with Gasteiger partial charge in [-0.25, -0.2) is 0 Å². The van der Waals surface area contributed by atoms with Crippen molar-refractivity contribution in [3.8, 4) is 0 Å². The summed E-state index contributed by atoms with van der Waals surface area (Å²) in [5, 5.41) is 4.31. The molecule has 4 aliphatic heterocycles. The summed E-state index contributed by atoms with van der Waals surface area (Å²) in [6, 6.07) is 18.0. The number of rotatable bonds is 5. The van der Waals surface area contributed by atoms with Crippen LogP contribution < -0.4 is 10.2 Å². The summed E-state index contributed by atoms with van der Waals surface area (Å²) in [6.07, 6.45) is 1.34. The molecule has 7 heteroatoms. The fourth-order valence-corrected chi connectivity index (χ4v) is 6.29. The van der Waals surface area contributed by atoms with Crippen LogP contribution in [0.3, 0.4) is 0 Å². The first-order chi connectivity index (χ1) is 17.5. The van der Waals surface area contributed by atoms with E-state index in [-0.39, 0.29) is 18.2 Å². The third-order valence-electron chi connectivity index (χ3n) is 8.10. The Morgan fingerprint density at radius 1 is 0.944 bits per heavy atom. The van der Waals surface area contributed by atoms with Crippen LogP contribution in [0.5, 0.6) is 0 Å². The van der Waals surface area contributed by atoms with Crippen molar-refractivity contribution < 1.29 is 19.1 Å². The second-order valence-corrected chi connectivity index (χ2v) is 10.7. The molecular formula is C29H27N3O4. The quantitative estimate of drug-likeness (QED) is 0.567. The van der Waals surface area contributed by atoms with Gasteiger partial charge in [0, 0.05) is 42.4 Å². The van der Waals surface area contributed by atoms with Crippen LogP contribution in [-0.2, 0) is 27.3 Å². The second-order valence-electron chi connectivity index (χ2n) is 10.7. The maximum absolute atomic E-state index is 13.3.